The van der Waals surface area contributed by atoms with Gasteiger partial charge in [-0.2, -0.15) is 4.98 Å². The number of piperidine rings is 1. The van der Waals surface area contributed by atoms with Gasteiger partial charge in [-0.3, -0.25) is 24.8 Å². The van der Waals surface area contributed by atoms with Crippen molar-refractivity contribution in [2.75, 3.05) is 93.7 Å². The Morgan fingerprint density at radius 3 is 2.37 bits per heavy atom. The fourth-order valence-corrected chi connectivity index (χ4v) is 13.5. The summed E-state index contributed by atoms with van der Waals surface area (Å²) < 4.78 is 17.2. The second-order valence-corrected chi connectivity index (χ2v) is 23.0. The number of phenolic OH excluding ortho intramolecular Hbond substituents is 1. The Bertz CT molecular complexity index is 2950. The molecule has 2 saturated carbocycles. The van der Waals surface area contributed by atoms with Crippen LogP contribution in [0, 0.1) is 22.6 Å². The van der Waals surface area contributed by atoms with Crippen molar-refractivity contribution < 1.29 is 23.9 Å². The van der Waals surface area contributed by atoms with Crippen molar-refractivity contribution in [3.8, 4) is 17.0 Å². The number of fused-ring (bicyclic) bond motifs is 4. The minimum Gasteiger partial charge on any atom is -0.508 e. The predicted molar refractivity (Wildman–Crippen MR) is 283 cm³/mol. The molecule has 5 aliphatic heterocycles. The van der Waals surface area contributed by atoms with Crippen molar-refractivity contribution in [3.05, 3.63) is 76.7 Å². The minimum absolute atomic E-state index is 0.0429. The molecular formula is C56H67ClFN11O4. The van der Waals surface area contributed by atoms with Gasteiger partial charge in [0.2, 0.25) is 11.9 Å². The number of imide groups is 1. The highest BCUT2D eigenvalue weighted by Crippen LogP contribution is 2.48. The molecule has 2 aliphatic carbocycles. The number of pyridine rings is 1. The van der Waals surface area contributed by atoms with Gasteiger partial charge in [0.15, 0.2) is 5.82 Å². The average Bonchev–Trinajstić information content (AvgIpc) is 4.08. The van der Waals surface area contributed by atoms with Crippen molar-refractivity contribution >= 4 is 68.6 Å². The van der Waals surface area contributed by atoms with E-state index >= 15 is 4.39 Å². The van der Waals surface area contributed by atoms with Crippen molar-refractivity contribution in [1.29, 1.82) is 0 Å². The summed E-state index contributed by atoms with van der Waals surface area (Å²) >= 11 is 6.47. The number of phenols is 1. The van der Waals surface area contributed by atoms with Gasteiger partial charge in [0.25, 0.3) is 5.91 Å². The second kappa shape index (κ2) is 19.5. The van der Waals surface area contributed by atoms with Gasteiger partial charge in [-0.1, -0.05) is 36.7 Å². The van der Waals surface area contributed by atoms with E-state index in [2.05, 4.69) is 43.6 Å². The van der Waals surface area contributed by atoms with Crippen molar-refractivity contribution in [1.82, 2.24) is 40.3 Å². The summed E-state index contributed by atoms with van der Waals surface area (Å²) in [6, 6.07) is 14.6. The number of piperazine rings is 2. The number of hydrogen-bond donors (Lipinski definition) is 4. The van der Waals surface area contributed by atoms with E-state index < -0.39 is 11.8 Å². The van der Waals surface area contributed by atoms with Crippen LogP contribution in [0.4, 0.5) is 26.6 Å². The SMILES string of the molecule is CCc1cccc2cc(O)cc(-c3ncc4c(N5CC6CCC(C5)N6)nc(NCC5(CN6CCN(CC7CCC8(CC7)CCN(C(=O)c7ccc(Cl)c(N9CCC(=O)NC9=O)c7)CC8)CC6)CC5)nc4c3F)c12. The topological polar surface area (TPSA) is 162 Å². The van der Waals surface area contributed by atoms with E-state index in [1.54, 1.807) is 36.5 Å². The molecule has 2 aromatic heterocycles. The number of aryl methyl sites for hydroxylation is 1. The molecule has 7 aliphatic rings. The standard InChI is InChI=1S/C56H67ClFN11O4/c1-2-36-4-3-5-37-26-41(70)28-42(47(36)37)49-48(58)50-43(29-59-49)51(68-31-39-7-8-40(32-68)61-39)64-53(63-50)60-33-56(15-16-56)34-66-24-22-65(23-25-66)30-35-10-13-55(14-11-35)17-20-67(21-18-55)52(72)38-6-9-44(57)45(27-38)69-19-12-46(71)62-54(69)73/h3-6,9,26-29,35,39-40,61,70H,2,7-8,10-25,30-34H2,1H3,(H,60,63,64)(H,62,71,73). The third-order valence-corrected chi connectivity index (χ3v) is 18.1. The third-order valence-electron chi connectivity index (χ3n) is 17.8. The van der Waals surface area contributed by atoms with E-state index in [-0.39, 0.29) is 47.2 Å². The molecule has 2 unspecified atom stereocenters. The number of aromatic hydroxyl groups is 1. The summed E-state index contributed by atoms with van der Waals surface area (Å²) in [4.78, 5) is 63.8. The lowest BCUT2D eigenvalue weighted by Gasteiger charge is -2.47. The van der Waals surface area contributed by atoms with Gasteiger partial charge in [0.1, 0.15) is 22.8 Å². The molecule has 2 atom stereocenters. The summed E-state index contributed by atoms with van der Waals surface area (Å²) in [7, 11) is 0. The highest BCUT2D eigenvalue weighted by Gasteiger charge is 2.45. The third kappa shape index (κ3) is 9.68. The summed E-state index contributed by atoms with van der Waals surface area (Å²) in [6.45, 7) is 12.5. The van der Waals surface area contributed by atoms with Gasteiger partial charge in [-0.15, -0.1) is 0 Å². The van der Waals surface area contributed by atoms with Gasteiger partial charge in [-0.25, -0.2) is 14.2 Å². The molecule has 7 heterocycles. The molecule has 17 heteroatoms. The van der Waals surface area contributed by atoms with Crippen molar-refractivity contribution in [2.24, 2.45) is 16.7 Å². The summed E-state index contributed by atoms with van der Waals surface area (Å²) in [5.74, 6) is 1.08. The van der Waals surface area contributed by atoms with Crippen LogP contribution in [-0.2, 0) is 11.2 Å². The van der Waals surface area contributed by atoms with Crippen LogP contribution in [0.2, 0.25) is 5.02 Å². The maximum Gasteiger partial charge on any atom is 0.328 e. The molecule has 1 spiro atoms. The number of amides is 4. The Morgan fingerprint density at radius 1 is 0.890 bits per heavy atom. The molecule has 2 bridgehead atoms. The lowest BCUT2D eigenvalue weighted by molar-refractivity contribution is -0.120. The number of rotatable bonds is 12. The van der Waals surface area contributed by atoms with Gasteiger partial charge in [0, 0.05) is 120 Å². The van der Waals surface area contributed by atoms with E-state index in [4.69, 9.17) is 26.6 Å². The van der Waals surface area contributed by atoms with Crippen LogP contribution in [0.1, 0.15) is 93.5 Å². The Balaban J connectivity index is 0.652. The summed E-state index contributed by atoms with van der Waals surface area (Å²) in [6.07, 6.45) is 14.1. The van der Waals surface area contributed by atoms with Gasteiger partial charge >= 0.3 is 6.03 Å². The Kier molecular flexibility index (Phi) is 12.9. The zero-order valence-electron chi connectivity index (χ0n) is 41.9. The number of urea groups is 1. The first kappa shape index (κ1) is 48.3. The monoisotopic (exact) mass is 1010 g/mol. The zero-order valence-corrected chi connectivity index (χ0v) is 42.7. The first-order valence-corrected chi connectivity index (χ1v) is 27.3. The molecule has 12 rings (SSSR count). The van der Waals surface area contributed by atoms with Crippen LogP contribution >= 0.6 is 11.6 Å². The van der Waals surface area contributed by atoms with E-state index in [1.807, 2.05) is 17.0 Å². The Labute approximate surface area is 431 Å². The minimum atomic E-state index is -0.519. The number of nitrogens with one attached hydrogen (secondary N) is 3. The average molecular weight is 1010 g/mol. The Morgan fingerprint density at radius 2 is 1.64 bits per heavy atom. The lowest BCUT2D eigenvalue weighted by Crippen LogP contribution is -2.51. The maximum absolute atomic E-state index is 17.2. The van der Waals surface area contributed by atoms with Crippen LogP contribution in [0.25, 0.3) is 32.9 Å². The molecular weight excluding hydrogens is 945 g/mol. The largest absolute Gasteiger partial charge is 0.508 e. The Hall–Kier alpha value is -5.68. The van der Waals surface area contributed by atoms with Crippen LogP contribution in [-0.4, -0.2) is 143 Å². The molecule has 4 N–H and O–H groups in total. The van der Waals surface area contributed by atoms with Crippen molar-refractivity contribution in [3.63, 3.8) is 0 Å². The lowest BCUT2D eigenvalue weighted by atomic mass is 9.65. The van der Waals surface area contributed by atoms with E-state index in [1.165, 1.54) is 30.6 Å². The summed E-state index contributed by atoms with van der Waals surface area (Å²) in [5.41, 5.74) is 3.43. The molecule has 4 amide bonds. The summed E-state index contributed by atoms with van der Waals surface area (Å²) in [5, 5.41) is 23.2. The van der Waals surface area contributed by atoms with Crippen LogP contribution < -0.4 is 25.8 Å². The highest BCUT2D eigenvalue weighted by atomic mass is 35.5. The number of carbonyl (C=O) groups is 3. The quantitative estimate of drug-likeness (QED) is 0.0950. The van der Waals surface area contributed by atoms with Gasteiger partial charge in [0.05, 0.1) is 16.1 Å². The fourth-order valence-electron chi connectivity index (χ4n) is 13.3. The number of aromatic nitrogens is 3. The van der Waals surface area contributed by atoms with Gasteiger partial charge in [-0.05, 0) is 129 Å². The van der Waals surface area contributed by atoms with Gasteiger partial charge < -0.3 is 35.3 Å². The zero-order chi connectivity index (χ0) is 50.0. The number of likely N-dealkylation sites (tertiary alicyclic amines) is 1. The second-order valence-electron chi connectivity index (χ2n) is 22.5. The van der Waals surface area contributed by atoms with Crippen LogP contribution in [0.5, 0.6) is 5.75 Å². The first-order chi connectivity index (χ1) is 35.4. The highest BCUT2D eigenvalue weighted by molar-refractivity contribution is 6.34. The molecule has 15 nitrogen and oxygen atoms in total. The number of benzene rings is 3. The smallest absolute Gasteiger partial charge is 0.328 e. The first-order valence-electron chi connectivity index (χ1n) is 26.9. The maximum atomic E-state index is 17.2. The van der Waals surface area contributed by atoms with Crippen LogP contribution in [0.15, 0.2) is 54.7 Å². The number of nitrogens with zero attached hydrogens (tertiary/aromatic N) is 8. The molecule has 5 saturated heterocycles. The number of hydrogen-bond acceptors (Lipinski definition) is 12. The molecule has 3 aromatic carbocycles. The molecule has 7 fully saturated rings. The molecule has 73 heavy (non-hydrogen) atoms. The van der Waals surface area contributed by atoms with E-state index in [0.717, 1.165) is 139 Å². The predicted octanol–water partition coefficient (Wildman–Crippen LogP) is 8.21. The fraction of sp³-hybridized carbons (Fsp3) is 0.536. The number of anilines is 3. The van der Waals surface area contributed by atoms with Crippen LogP contribution in [0.3, 0.4) is 0 Å². The molecule has 384 valence electrons. The number of halogens is 2. The molecule has 0 radical (unpaired) electrons. The normalized spacial score (nSPS) is 23.4. The number of carbonyl (C=O) groups excluding carboxylic acids is 3. The van der Waals surface area contributed by atoms with Crippen molar-refractivity contribution in [2.45, 2.75) is 96.1 Å². The molecule has 5 aromatic rings. The van der Waals surface area contributed by atoms with E-state index in [0.29, 0.717) is 56.6 Å². The van der Waals surface area contributed by atoms with E-state index in [9.17, 15) is 19.5 Å².